The fourth-order valence-electron chi connectivity index (χ4n) is 9.09. The Hall–Kier alpha value is -5.98. The molecule has 6 rings (SSSR count). The topological polar surface area (TPSA) is 160 Å². The Kier molecular flexibility index (Phi) is 24.1. The van der Waals surface area contributed by atoms with Crippen LogP contribution in [0.15, 0.2) is 109 Å². The highest BCUT2D eigenvalue weighted by atomic mass is 19.1. The van der Waals surface area contributed by atoms with Crippen molar-refractivity contribution in [2.45, 2.75) is 117 Å². The van der Waals surface area contributed by atoms with E-state index in [0.29, 0.717) is 110 Å². The van der Waals surface area contributed by atoms with Crippen molar-refractivity contribution in [3.8, 4) is 28.1 Å². The molecule has 0 bridgehead atoms. The zero-order valence-corrected chi connectivity index (χ0v) is 46.0. The third-order valence-electron chi connectivity index (χ3n) is 12.2. The lowest BCUT2D eigenvalue weighted by Crippen LogP contribution is -2.46. The number of nitrogens with one attached hydrogen (secondary N) is 1. The predicted octanol–water partition coefficient (Wildman–Crippen LogP) is 10.9. The molecule has 0 aliphatic carbocycles. The number of carbonyl (C=O) groups is 3. The van der Waals surface area contributed by atoms with Crippen LogP contribution >= 0.6 is 0 Å². The van der Waals surface area contributed by atoms with Gasteiger partial charge < -0.3 is 57.3 Å². The summed E-state index contributed by atoms with van der Waals surface area (Å²) >= 11 is 0. The average Bonchev–Trinajstić information content (AvgIpc) is 4.00. The molecule has 1 aliphatic heterocycles. The zero-order valence-electron chi connectivity index (χ0n) is 46.0. The van der Waals surface area contributed by atoms with Crippen molar-refractivity contribution in [2.24, 2.45) is 0 Å². The highest BCUT2D eigenvalue weighted by Crippen LogP contribution is 2.43. The van der Waals surface area contributed by atoms with Gasteiger partial charge in [0.1, 0.15) is 30.4 Å². The molecule has 0 unspecified atom stereocenters. The van der Waals surface area contributed by atoms with E-state index in [1.54, 1.807) is 12.1 Å². The van der Waals surface area contributed by atoms with E-state index < -0.39 is 23.6 Å². The third kappa shape index (κ3) is 20.7. The molecule has 15 nitrogen and oxygen atoms in total. The number of aromatic nitrogens is 1. The first kappa shape index (κ1) is 60.3. The summed E-state index contributed by atoms with van der Waals surface area (Å²) in [5.41, 5.74) is 5.93. The normalized spacial score (nSPS) is 15.3. The number of Topliss-reactive ketones (excluding diaryl/α,β-unsaturated/α-hetero) is 1. The highest BCUT2D eigenvalue weighted by molar-refractivity contribution is 6.08. The van der Waals surface area contributed by atoms with Crippen LogP contribution in [0.4, 0.5) is 9.18 Å². The molecule has 2 heterocycles. The van der Waals surface area contributed by atoms with E-state index >= 15 is 0 Å². The summed E-state index contributed by atoms with van der Waals surface area (Å²) in [6.45, 7) is 18.9. The number of rotatable bonds is 32. The molecule has 418 valence electrons. The van der Waals surface area contributed by atoms with Crippen molar-refractivity contribution in [3.05, 3.63) is 137 Å². The van der Waals surface area contributed by atoms with Crippen LogP contribution in [0.1, 0.15) is 101 Å². The number of esters is 1. The maximum absolute atomic E-state index is 15.0. The van der Waals surface area contributed by atoms with E-state index in [4.69, 9.17) is 47.4 Å². The SMILES string of the molecule is CC(C)c1c(C(=O)Cc2ccc(OCCOCCOCCOCCOCCOCCNC(=O)OCc3ccccc3)cc2)c(-c2ccccc2)c(-c2ccc(F)cc2)n1CC[C@@H]1C[C@H](CC(=O)OC(C)(C)C)OC(C)(C)O1. The first-order chi connectivity index (χ1) is 37.0. The molecule has 77 heavy (non-hydrogen) atoms. The lowest BCUT2D eigenvalue weighted by atomic mass is 9.90. The van der Waals surface area contributed by atoms with Crippen molar-refractivity contribution in [1.82, 2.24) is 9.88 Å². The summed E-state index contributed by atoms with van der Waals surface area (Å²) in [5, 5.41) is 2.65. The molecule has 0 saturated carbocycles. The van der Waals surface area contributed by atoms with Crippen LogP contribution < -0.4 is 10.1 Å². The Morgan fingerprint density at radius 2 is 1.25 bits per heavy atom. The molecule has 2 atom stereocenters. The van der Waals surface area contributed by atoms with Gasteiger partial charge in [-0.3, -0.25) is 9.59 Å². The molecule has 1 aromatic heterocycles. The number of nitrogens with zero attached hydrogens (tertiary/aromatic N) is 1. The average molecular weight is 1070 g/mol. The minimum Gasteiger partial charge on any atom is -0.491 e. The summed E-state index contributed by atoms with van der Waals surface area (Å²) < 4.78 is 74.1. The number of hydrogen-bond acceptors (Lipinski definition) is 13. The molecule has 1 amide bonds. The first-order valence-electron chi connectivity index (χ1n) is 26.8. The van der Waals surface area contributed by atoms with E-state index in [1.165, 1.54) is 12.1 Å². The van der Waals surface area contributed by atoms with Crippen LogP contribution in [0, 0.1) is 5.82 Å². The Balaban J connectivity index is 0.941. The molecule has 5 aromatic rings. The van der Waals surface area contributed by atoms with Crippen molar-refractivity contribution < 1.29 is 66.1 Å². The van der Waals surface area contributed by atoms with E-state index in [1.807, 2.05) is 120 Å². The second-order valence-corrected chi connectivity index (χ2v) is 20.5. The van der Waals surface area contributed by atoms with Crippen LogP contribution in [0.2, 0.25) is 0 Å². The standard InChI is InChI=1S/C61H79FN2O13/c1-44(2)57-56(55(47-16-12-9-13-17-47)58(48-20-22-49(62)23-21-48)64(57)28-26-51-41-52(76-61(6,7)75-51)42-54(66)77-60(3,4)5)53(65)40-45-18-24-50(25-19-45)73-39-38-72-37-36-71-35-34-70-33-32-69-31-30-68-29-27-63-59(67)74-43-46-14-10-8-11-15-46/h8-25,44,51-52H,26-43H2,1-7H3,(H,63,67)/t51-,52-/m1/s1. The maximum Gasteiger partial charge on any atom is 0.407 e. The van der Waals surface area contributed by atoms with Crippen LogP contribution in [0.25, 0.3) is 22.4 Å². The maximum atomic E-state index is 15.0. The summed E-state index contributed by atoms with van der Waals surface area (Å²) in [4.78, 5) is 39.6. The number of carbonyl (C=O) groups excluding carboxylic acids is 3. The van der Waals surface area contributed by atoms with Crippen LogP contribution in [0.3, 0.4) is 0 Å². The van der Waals surface area contributed by atoms with Gasteiger partial charge >= 0.3 is 12.1 Å². The van der Waals surface area contributed by atoms with Gasteiger partial charge in [0.15, 0.2) is 11.6 Å². The van der Waals surface area contributed by atoms with Gasteiger partial charge in [-0.15, -0.1) is 0 Å². The molecular formula is C61H79FN2O13. The number of hydrogen-bond donors (Lipinski definition) is 1. The Morgan fingerprint density at radius 3 is 1.83 bits per heavy atom. The van der Waals surface area contributed by atoms with Gasteiger partial charge in [0.2, 0.25) is 0 Å². The van der Waals surface area contributed by atoms with Gasteiger partial charge in [0, 0.05) is 42.8 Å². The Bertz CT molecular complexity index is 2550. The van der Waals surface area contributed by atoms with E-state index in [9.17, 15) is 18.8 Å². The van der Waals surface area contributed by atoms with E-state index in [2.05, 4.69) is 23.7 Å². The molecule has 1 N–H and O–H groups in total. The largest absolute Gasteiger partial charge is 0.491 e. The number of halogens is 1. The fourth-order valence-corrected chi connectivity index (χ4v) is 9.09. The highest BCUT2D eigenvalue weighted by Gasteiger charge is 2.38. The lowest BCUT2D eigenvalue weighted by Gasteiger charge is -2.41. The van der Waals surface area contributed by atoms with Crippen molar-refractivity contribution >= 4 is 17.8 Å². The smallest absolute Gasteiger partial charge is 0.407 e. The zero-order chi connectivity index (χ0) is 55.0. The molecule has 0 radical (unpaired) electrons. The van der Waals surface area contributed by atoms with Gasteiger partial charge in [0.25, 0.3) is 0 Å². The van der Waals surface area contributed by atoms with Gasteiger partial charge in [-0.2, -0.15) is 0 Å². The van der Waals surface area contributed by atoms with Crippen LogP contribution in [-0.4, -0.2) is 125 Å². The monoisotopic (exact) mass is 1070 g/mol. The summed E-state index contributed by atoms with van der Waals surface area (Å²) in [6.07, 6.45) is 0.146. The fraction of sp³-hybridized carbons (Fsp3) is 0.492. The molecule has 4 aromatic carbocycles. The summed E-state index contributed by atoms with van der Waals surface area (Å²) in [5.74, 6) is -1.07. The van der Waals surface area contributed by atoms with E-state index in [0.717, 1.165) is 39.2 Å². The van der Waals surface area contributed by atoms with Crippen molar-refractivity contribution in [3.63, 3.8) is 0 Å². The van der Waals surface area contributed by atoms with Gasteiger partial charge in [0.05, 0.1) is 90.4 Å². The summed E-state index contributed by atoms with van der Waals surface area (Å²) in [7, 11) is 0. The van der Waals surface area contributed by atoms with Gasteiger partial charge in [-0.05, 0) is 106 Å². The second-order valence-electron chi connectivity index (χ2n) is 20.5. The van der Waals surface area contributed by atoms with Gasteiger partial charge in [-0.25, -0.2) is 9.18 Å². The number of benzene rings is 4. The summed E-state index contributed by atoms with van der Waals surface area (Å²) in [6, 6.07) is 33.4. The Morgan fingerprint density at radius 1 is 0.688 bits per heavy atom. The van der Waals surface area contributed by atoms with Gasteiger partial charge in [-0.1, -0.05) is 86.6 Å². The molecule has 1 aliphatic rings. The van der Waals surface area contributed by atoms with Crippen molar-refractivity contribution in [2.75, 3.05) is 79.2 Å². The quantitative estimate of drug-likeness (QED) is 0.0246. The predicted molar refractivity (Wildman–Crippen MR) is 292 cm³/mol. The number of alkyl carbamates (subject to hydrolysis) is 1. The molecule has 1 saturated heterocycles. The minimum atomic E-state index is -0.937. The molecule has 1 fully saturated rings. The molecular weight excluding hydrogens is 988 g/mol. The van der Waals surface area contributed by atoms with Crippen LogP contribution in [0.5, 0.6) is 5.75 Å². The molecule has 0 spiro atoms. The number of ether oxygens (including phenoxy) is 10. The van der Waals surface area contributed by atoms with E-state index in [-0.39, 0.29) is 49.0 Å². The second kappa shape index (κ2) is 30.8. The van der Waals surface area contributed by atoms with Crippen molar-refractivity contribution in [1.29, 1.82) is 0 Å². The first-order valence-corrected chi connectivity index (χ1v) is 26.8. The Labute approximate surface area is 453 Å². The van der Waals surface area contributed by atoms with Crippen LogP contribution in [-0.2, 0) is 67.0 Å². The third-order valence-corrected chi connectivity index (χ3v) is 12.2. The lowest BCUT2D eigenvalue weighted by molar-refractivity contribution is -0.301. The minimum absolute atomic E-state index is 0.0408. The molecule has 16 heteroatoms. The number of amides is 1. The number of ketones is 1.